The Balaban J connectivity index is 2.30. The van der Waals surface area contributed by atoms with E-state index in [9.17, 15) is 4.79 Å². The largest absolute Gasteiger partial charge is 0.453 e. The molecule has 1 aromatic carbocycles. The third-order valence-electron chi connectivity index (χ3n) is 3.85. The van der Waals surface area contributed by atoms with Crippen LogP contribution in [0.25, 0.3) is 0 Å². The lowest BCUT2D eigenvalue weighted by Gasteiger charge is -2.19. The summed E-state index contributed by atoms with van der Waals surface area (Å²) in [6.07, 6.45) is 3.49. The summed E-state index contributed by atoms with van der Waals surface area (Å²) >= 11 is 0. The maximum atomic E-state index is 12.4. The Kier molecular flexibility index (Phi) is 11.6. The number of benzene rings is 1. The number of carbonyl (C=O) groups is 1. The van der Waals surface area contributed by atoms with Gasteiger partial charge in [-0.2, -0.15) is 0 Å². The fourth-order valence-corrected chi connectivity index (χ4v) is 2.36. The Morgan fingerprint density at radius 1 is 1.16 bits per heavy atom. The van der Waals surface area contributed by atoms with Crippen LogP contribution < -0.4 is 0 Å². The summed E-state index contributed by atoms with van der Waals surface area (Å²) in [5.41, 5.74) is 0.928. The molecule has 1 aromatic rings. The van der Waals surface area contributed by atoms with Gasteiger partial charge in [0.05, 0.1) is 19.1 Å². The Morgan fingerprint density at radius 3 is 2.52 bits per heavy atom. The third-order valence-corrected chi connectivity index (χ3v) is 3.85. The summed E-state index contributed by atoms with van der Waals surface area (Å²) in [4.78, 5) is 12.4. The first-order valence-electron chi connectivity index (χ1n) is 8.75. The van der Waals surface area contributed by atoms with E-state index in [-0.39, 0.29) is 18.7 Å². The van der Waals surface area contributed by atoms with Crippen molar-refractivity contribution in [3.8, 4) is 0 Å². The van der Waals surface area contributed by atoms with E-state index in [1.807, 2.05) is 37.3 Å². The van der Waals surface area contributed by atoms with Crippen molar-refractivity contribution >= 4 is 5.97 Å². The molecule has 0 aliphatic carbocycles. The van der Waals surface area contributed by atoms with Gasteiger partial charge in [-0.05, 0) is 30.9 Å². The van der Waals surface area contributed by atoms with Gasteiger partial charge in [-0.3, -0.25) is 4.79 Å². The van der Waals surface area contributed by atoms with Gasteiger partial charge >= 0.3 is 5.97 Å². The van der Waals surface area contributed by atoms with Gasteiger partial charge in [0.15, 0.2) is 0 Å². The molecule has 5 nitrogen and oxygen atoms in total. The summed E-state index contributed by atoms with van der Waals surface area (Å²) in [6.45, 7) is 7.64. The van der Waals surface area contributed by atoms with Crippen molar-refractivity contribution in [2.75, 3.05) is 33.7 Å². The van der Waals surface area contributed by atoms with Crippen molar-refractivity contribution in [3.05, 3.63) is 48.6 Å². The predicted octanol–water partition coefficient (Wildman–Crippen LogP) is 3.90. The normalized spacial score (nSPS) is 13.2. The molecule has 0 aromatic heterocycles. The average molecular weight is 350 g/mol. The van der Waals surface area contributed by atoms with E-state index in [1.54, 1.807) is 13.2 Å². The van der Waals surface area contributed by atoms with Gasteiger partial charge < -0.3 is 18.9 Å². The molecule has 0 aliphatic heterocycles. The van der Waals surface area contributed by atoms with E-state index in [4.69, 9.17) is 18.9 Å². The zero-order chi connectivity index (χ0) is 18.3. The first kappa shape index (κ1) is 21.4. The molecular formula is C20H30O5. The number of hydrogen-bond donors (Lipinski definition) is 0. The summed E-state index contributed by atoms with van der Waals surface area (Å²) < 4.78 is 21.1. The molecule has 2 atom stereocenters. The first-order chi connectivity index (χ1) is 12.2. The SMILES string of the molecule is C=C[C@H](OC(=O)C(CC)CCCOCOCCOC)c1ccccc1. The van der Waals surface area contributed by atoms with E-state index < -0.39 is 6.10 Å². The van der Waals surface area contributed by atoms with Crippen LogP contribution in [0.1, 0.15) is 37.9 Å². The molecule has 0 bridgehead atoms. The maximum Gasteiger partial charge on any atom is 0.309 e. The highest BCUT2D eigenvalue weighted by molar-refractivity contribution is 5.72. The van der Waals surface area contributed by atoms with Crippen LogP contribution in [-0.4, -0.2) is 39.7 Å². The number of esters is 1. The smallest absolute Gasteiger partial charge is 0.309 e. The van der Waals surface area contributed by atoms with Crippen LogP contribution in [0.5, 0.6) is 0 Å². The molecule has 0 spiro atoms. The minimum Gasteiger partial charge on any atom is -0.453 e. The number of rotatable bonds is 14. The van der Waals surface area contributed by atoms with Crippen molar-refractivity contribution in [3.63, 3.8) is 0 Å². The van der Waals surface area contributed by atoms with Crippen LogP contribution in [0.4, 0.5) is 0 Å². The quantitative estimate of drug-likeness (QED) is 0.220. The van der Waals surface area contributed by atoms with Crippen LogP contribution >= 0.6 is 0 Å². The molecule has 0 N–H and O–H groups in total. The van der Waals surface area contributed by atoms with Crippen LogP contribution in [0.2, 0.25) is 0 Å². The van der Waals surface area contributed by atoms with Crippen LogP contribution in [0.15, 0.2) is 43.0 Å². The fraction of sp³-hybridized carbons (Fsp3) is 0.550. The van der Waals surface area contributed by atoms with Crippen molar-refractivity contribution in [2.24, 2.45) is 5.92 Å². The van der Waals surface area contributed by atoms with Gasteiger partial charge in [-0.15, -0.1) is 0 Å². The Labute approximate surface area is 150 Å². The number of methoxy groups -OCH3 is 1. The second kappa shape index (κ2) is 13.6. The van der Waals surface area contributed by atoms with E-state index in [0.717, 1.165) is 24.8 Å². The minimum absolute atomic E-state index is 0.135. The minimum atomic E-state index is -0.409. The fourth-order valence-electron chi connectivity index (χ4n) is 2.36. The second-order valence-corrected chi connectivity index (χ2v) is 5.68. The van der Waals surface area contributed by atoms with Gasteiger partial charge in [-0.1, -0.05) is 43.8 Å². The zero-order valence-corrected chi connectivity index (χ0v) is 15.3. The van der Waals surface area contributed by atoms with Crippen molar-refractivity contribution < 1.29 is 23.7 Å². The summed E-state index contributed by atoms with van der Waals surface area (Å²) in [7, 11) is 1.63. The molecule has 1 unspecified atom stereocenters. The maximum absolute atomic E-state index is 12.4. The highest BCUT2D eigenvalue weighted by atomic mass is 16.7. The molecule has 0 radical (unpaired) electrons. The van der Waals surface area contributed by atoms with E-state index in [0.29, 0.717) is 19.8 Å². The molecule has 0 saturated carbocycles. The lowest BCUT2D eigenvalue weighted by atomic mass is 10.0. The summed E-state index contributed by atoms with van der Waals surface area (Å²) in [5, 5.41) is 0. The molecule has 5 heteroatoms. The predicted molar refractivity (Wildman–Crippen MR) is 97.1 cm³/mol. The third kappa shape index (κ3) is 8.82. The van der Waals surface area contributed by atoms with Crippen molar-refractivity contribution in [1.29, 1.82) is 0 Å². The van der Waals surface area contributed by atoms with Crippen LogP contribution in [0.3, 0.4) is 0 Å². The van der Waals surface area contributed by atoms with E-state index in [1.165, 1.54) is 0 Å². The monoisotopic (exact) mass is 350 g/mol. The molecule has 140 valence electrons. The molecule has 0 fully saturated rings. The molecule has 0 saturated heterocycles. The van der Waals surface area contributed by atoms with Crippen molar-refractivity contribution in [2.45, 2.75) is 32.3 Å². The van der Waals surface area contributed by atoms with Crippen molar-refractivity contribution in [1.82, 2.24) is 0 Å². The number of hydrogen-bond acceptors (Lipinski definition) is 5. The molecule has 0 amide bonds. The van der Waals surface area contributed by atoms with Gasteiger partial charge in [-0.25, -0.2) is 0 Å². The van der Waals surface area contributed by atoms with Gasteiger partial charge in [0.1, 0.15) is 12.9 Å². The number of carbonyl (C=O) groups excluding carboxylic acids is 1. The Morgan fingerprint density at radius 2 is 1.88 bits per heavy atom. The highest BCUT2D eigenvalue weighted by Gasteiger charge is 2.21. The average Bonchev–Trinajstić information content (AvgIpc) is 2.65. The Hall–Kier alpha value is -1.69. The van der Waals surface area contributed by atoms with Crippen LogP contribution in [0, 0.1) is 5.92 Å². The van der Waals surface area contributed by atoms with Gasteiger partial charge in [0.2, 0.25) is 0 Å². The lowest BCUT2D eigenvalue weighted by Crippen LogP contribution is -2.20. The molecule has 0 heterocycles. The van der Waals surface area contributed by atoms with Crippen LogP contribution in [-0.2, 0) is 23.7 Å². The summed E-state index contributed by atoms with van der Waals surface area (Å²) in [6, 6.07) is 9.63. The Bertz CT molecular complexity index is 474. The van der Waals surface area contributed by atoms with E-state index in [2.05, 4.69) is 6.58 Å². The zero-order valence-electron chi connectivity index (χ0n) is 15.3. The standard InChI is InChI=1S/C20H30O5/c1-4-17(12-9-13-23-16-24-15-14-22-3)20(21)25-19(5-2)18-10-7-6-8-11-18/h5-8,10-11,17,19H,2,4,9,12-16H2,1,3H3/t17?,19-/m0/s1. The first-order valence-corrected chi connectivity index (χ1v) is 8.75. The molecule has 0 aliphatic rings. The number of ether oxygens (including phenoxy) is 4. The van der Waals surface area contributed by atoms with Gasteiger partial charge in [0.25, 0.3) is 0 Å². The van der Waals surface area contributed by atoms with Gasteiger partial charge in [0, 0.05) is 13.7 Å². The lowest BCUT2D eigenvalue weighted by molar-refractivity contribution is -0.152. The summed E-state index contributed by atoms with van der Waals surface area (Å²) in [5.74, 6) is -0.322. The second-order valence-electron chi connectivity index (χ2n) is 5.68. The molecule has 1 rings (SSSR count). The van der Waals surface area contributed by atoms with E-state index >= 15 is 0 Å². The molecule has 25 heavy (non-hydrogen) atoms. The topological polar surface area (TPSA) is 54.0 Å². The molecular weight excluding hydrogens is 320 g/mol. The highest BCUT2D eigenvalue weighted by Crippen LogP contribution is 2.22.